The van der Waals surface area contributed by atoms with Gasteiger partial charge >= 0.3 is 0 Å². The van der Waals surface area contributed by atoms with Gasteiger partial charge in [0.15, 0.2) is 0 Å². The molecule has 1 saturated heterocycles. The lowest BCUT2D eigenvalue weighted by Crippen LogP contribution is -2.39. The van der Waals surface area contributed by atoms with Crippen LogP contribution in [0.3, 0.4) is 0 Å². The number of hydrogen-bond acceptors (Lipinski definition) is 2. The fourth-order valence-corrected chi connectivity index (χ4v) is 4.25. The fraction of sp³-hybridized carbons (Fsp3) is 0.588. The molecule has 2 atom stereocenters. The molecule has 1 amide bonds. The number of nitrogens with zero attached hydrogens (tertiary/aromatic N) is 1. The zero-order valence-corrected chi connectivity index (χ0v) is 11.9. The van der Waals surface area contributed by atoms with Gasteiger partial charge in [-0.05, 0) is 48.4 Å². The predicted octanol–water partition coefficient (Wildman–Crippen LogP) is 2.69. The Morgan fingerprint density at radius 3 is 2.90 bits per heavy atom. The predicted molar refractivity (Wildman–Crippen MR) is 78.4 cm³/mol. The van der Waals surface area contributed by atoms with Crippen LogP contribution in [0, 0.1) is 5.92 Å². The molecule has 1 aromatic carbocycles. The maximum Gasteiger partial charge on any atom is 0.254 e. The van der Waals surface area contributed by atoms with E-state index in [2.05, 4.69) is 22.3 Å². The Hall–Kier alpha value is -1.35. The first-order valence-corrected chi connectivity index (χ1v) is 7.96. The van der Waals surface area contributed by atoms with Gasteiger partial charge in [0.1, 0.15) is 0 Å². The average molecular weight is 270 g/mol. The number of fused-ring (bicyclic) bond motifs is 2. The van der Waals surface area contributed by atoms with Crippen molar-refractivity contribution in [1.82, 2.24) is 10.2 Å². The molecular weight excluding hydrogens is 248 g/mol. The van der Waals surface area contributed by atoms with Crippen LogP contribution >= 0.6 is 0 Å². The van der Waals surface area contributed by atoms with Gasteiger partial charge in [0.2, 0.25) is 0 Å². The Morgan fingerprint density at radius 1 is 1.10 bits per heavy atom. The van der Waals surface area contributed by atoms with E-state index in [9.17, 15) is 4.79 Å². The molecule has 3 aliphatic rings. The second kappa shape index (κ2) is 4.88. The van der Waals surface area contributed by atoms with Gasteiger partial charge in [0.05, 0.1) is 0 Å². The van der Waals surface area contributed by atoms with E-state index in [0.29, 0.717) is 6.04 Å². The van der Waals surface area contributed by atoms with Gasteiger partial charge in [-0.2, -0.15) is 0 Å². The average Bonchev–Trinajstić information content (AvgIpc) is 3.12. The lowest BCUT2D eigenvalue weighted by atomic mass is 9.85. The van der Waals surface area contributed by atoms with Crippen molar-refractivity contribution >= 4 is 5.91 Å². The third kappa shape index (κ3) is 1.96. The van der Waals surface area contributed by atoms with Crippen LogP contribution in [-0.4, -0.2) is 23.4 Å². The van der Waals surface area contributed by atoms with Gasteiger partial charge in [-0.1, -0.05) is 18.9 Å². The number of carbonyl (C=O) groups excluding carboxylic acids is 1. The summed E-state index contributed by atoms with van der Waals surface area (Å²) in [6.45, 7) is 2.81. The van der Waals surface area contributed by atoms with Crippen LogP contribution in [0.25, 0.3) is 0 Å². The minimum absolute atomic E-state index is 0.258. The standard InChI is InChI=1S/C17H22N2O/c20-17(13-5-6-14-10-18-11-15(14)9-13)19-8-7-12-3-1-2-4-16(12)19/h5-6,9,12,16,18H,1-4,7-8,10-11H2. The second-order valence-corrected chi connectivity index (χ2v) is 6.49. The molecule has 2 fully saturated rings. The molecule has 20 heavy (non-hydrogen) atoms. The van der Waals surface area contributed by atoms with Crippen molar-refractivity contribution in [2.75, 3.05) is 6.54 Å². The first-order chi connectivity index (χ1) is 9.83. The molecule has 2 heterocycles. The number of nitrogens with one attached hydrogen (secondary N) is 1. The Labute approximate surface area is 120 Å². The molecule has 106 valence electrons. The van der Waals surface area contributed by atoms with Gasteiger partial charge in [0.25, 0.3) is 5.91 Å². The summed E-state index contributed by atoms with van der Waals surface area (Å²) in [5, 5.41) is 3.34. The van der Waals surface area contributed by atoms with Crippen molar-refractivity contribution in [2.24, 2.45) is 5.92 Å². The maximum atomic E-state index is 12.8. The molecule has 0 bridgehead atoms. The highest BCUT2D eigenvalue weighted by molar-refractivity contribution is 5.95. The highest BCUT2D eigenvalue weighted by atomic mass is 16.2. The van der Waals surface area contributed by atoms with Crippen LogP contribution in [0.1, 0.15) is 53.6 Å². The van der Waals surface area contributed by atoms with Gasteiger partial charge in [0, 0.05) is 31.2 Å². The molecule has 1 aliphatic carbocycles. The smallest absolute Gasteiger partial charge is 0.254 e. The van der Waals surface area contributed by atoms with E-state index in [-0.39, 0.29) is 5.91 Å². The van der Waals surface area contributed by atoms with Crippen molar-refractivity contribution in [3.05, 3.63) is 34.9 Å². The third-order valence-corrected chi connectivity index (χ3v) is 5.36. The van der Waals surface area contributed by atoms with Crippen molar-refractivity contribution in [2.45, 2.75) is 51.2 Å². The number of hydrogen-bond donors (Lipinski definition) is 1. The summed E-state index contributed by atoms with van der Waals surface area (Å²) in [7, 11) is 0. The van der Waals surface area contributed by atoms with Crippen LogP contribution < -0.4 is 5.32 Å². The molecule has 3 nitrogen and oxygen atoms in total. The summed E-state index contributed by atoms with van der Waals surface area (Å²) in [6.07, 6.45) is 6.39. The number of likely N-dealkylation sites (tertiary alicyclic amines) is 1. The van der Waals surface area contributed by atoms with E-state index in [4.69, 9.17) is 0 Å². The Balaban J connectivity index is 1.58. The van der Waals surface area contributed by atoms with Gasteiger partial charge in [-0.3, -0.25) is 4.79 Å². The van der Waals surface area contributed by atoms with Gasteiger partial charge in [-0.25, -0.2) is 0 Å². The van der Waals surface area contributed by atoms with E-state index in [0.717, 1.165) is 31.1 Å². The molecule has 3 heteroatoms. The lowest BCUT2D eigenvalue weighted by molar-refractivity contribution is 0.0690. The normalized spacial score (nSPS) is 28.3. The summed E-state index contributed by atoms with van der Waals surface area (Å²) < 4.78 is 0. The summed E-state index contributed by atoms with van der Waals surface area (Å²) in [4.78, 5) is 15.0. The van der Waals surface area contributed by atoms with Crippen molar-refractivity contribution in [3.8, 4) is 0 Å². The summed E-state index contributed by atoms with van der Waals surface area (Å²) in [6, 6.07) is 6.76. The van der Waals surface area contributed by atoms with E-state index in [1.807, 2.05) is 6.07 Å². The van der Waals surface area contributed by atoms with Crippen molar-refractivity contribution < 1.29 is 4.79 Å². The van der Waals surface area contributed by atoms with Crippen LogP contribution in [0.5, 0.6) is 0 Å². The van der Waals surface area contributed by atoms with E-state index in [1.165, 1.54) is 43.2 Å². The minimum atomic E-state index is 0.258. The second-order valence-electron chi connectivity index (χ2n) is 6.49. The number of amides is 1. The summed E-state index contributed by atoms with van der Waals surface area (Å²) in [5.74, 6) is 1.03. The highest BCUT2D eigenvalue weighted by Gasteiger charge is 2.38. The van der Waals surface area contributed by atoms with Crippen LogP contribution in [-0.2, 0) is 13.1 Å². The van der Waals surface area contributed by atoms with Crippen molar-refractivity contribution in [3.63, 3.8) is 0 Å². The molecule has 1 aromatic rings. The lowest BCUT2D eigenvalue weighted by Gasteiger charge is -2.31. The molecule has 1 N–H and O–H groups in total. The summed E-state index contributed by atoms with van der Waals surface area (Å²) in [5.41, 5.74) is 3.53. The Morgan fingerprint density at radius 2 is 1.95 bits per heavy atom. The molecule has 0 aromatic heterocycles. The van der Waals surface area contributed by atoms with Gasteiger partial charge in [-0.15, -0.1) is 0 Å². The monoisotopic (exact) mass is 270 g/mol. The zero-order chi connectivity index (χ0) is 13.5. The first kappa shape index (κ1) is 12.4. The highest BCUT2D eigenvalue weighted by Crippen LogP contribution is 2.37. The number of carbonyl (C=O) groups is 1. The SMILES string of the molecule is O=C(c1ccc2c(c1)CNC2)N1CCC2CCCCC21. The Kier molecular flexibility index (Phi) is 3.03. The number of benzene rings is 1. The van der Waals surface area contributed by atoms with E-state index in [1.54, 1.807) is 0 Å². The molecule has 0 radical (unpaired) electrons. The van der Waals surface area contributed by atoms with Crippen LogP contribution in [0.2, 0.25) is 0 Å². The van der Waals surface area contributed by atoms with E-state index >= 15 is 0 Å². The maximum absolute atomic E-state index is 12.8. The zero-order valence-electron chi connectivity index (χ0n) is 11.9. The van der Waals surface area contributed by atoms with Crippen molar-refractivity contribution in [1.29, 1.82) is 0 Å². The quantitative estimate of drug-likeness (QED) is 0.851. The van der Waals surface area contributed by atoms with Crippen LogP contribution in [0.4, 0.5) is 0 Å². The fourth-order valence-electron chi connectivity index (χ4n) is 4.25. The molecular formula is C17H22N2O. The van der Waals surface area contributed by atoms with Crippen LogP contribution in [0.15, 0.2) is 18.2 Å². The topological polar surface area (TPSA) is 32.3 Å². The number of rotatable bonds is 1. The molecule has 4 rings (SSSR count). The largest absolute Gasteiger partial charge is 0.335 e. The molecule has 1 saturated carbocycles. The molecule has 0 spiro atoms. The van der Waals surface area contributed by atoms with E-state index < -0.39 is 0 Å². The molecule has 2 aliphatic heterocycles. The summed E-state index contributed by atoms with van der Waals surface area (Å²) >= 11 is 0. The Bertz CT molecular complexity index is 540. The molecule has 2 unspecified atom stereocenters. The third-order valence-electron chi connectivity index (χ3n) is 5.36. The minimum Gasteiger partial charge on any atom is -0.335 e. The first-order valence-electron chi connectivity index (χ1n) is 7.96. The van der Waals surface area contributed by atoms with Gasteiger partial charge < -0.3 is 10.2 Å².